The third kappa shape index (κ3) is 2.52. The van der Waals surface area contributed by atoms with Crippen molar-refractivity contribution in [3.63, 3.8) is 0 Å². The smallest absolute Gasteiger partial charge is 0.119 e. The van der Waals surface area contributed by atoms with Crippen molar-refractivity contribution in [2.24, 2.45) is 5.11 Å². The molecule has 0 aliphatic heterocycles. The van der Waals surface area contributed by atoms with E-state index in [1.54, 1.807) is 6.07 Å². The van der Waals surface area contributed by atoms with Crippen molar-refractivity contribution in [1.29, 1.82) is 0 Å². The minimum atomic E-state index is -0.801. The van der Waals surface area contributed by atoms with Crippen LogP contribution in [0.4, 0.5) is 0 Å². The van der Waals surface area contributed by atoms with Gasteiger partial charge in [-0.05, 0) is 23.7 Å². The lowest BCUT2D eigenvalue weighted by Gasteiger charge is -2.11. The van der Waals surface area contributed by atoms with E-state index in [0.29, 0.717) is 11.3 Å². The van der Waals surface area contributed by atoms with Gasteiger partial charge in [0.2, 0.25) is 0 Å². The summed E-state index contributed by atoms with van der Waals surface area (Å²) in [7, 11) is 1.48. The number of benzene rings is 1. The number of rotatable bonds is 4. The van der Waals surface area contributed by atoms with Crippen molar-refractivity contribution in [2.75, 3.05) is 13.7 Å². The first-order valence-electron chi connectivity index (χ1n) is 4.25. The molecule has 0 spiro atoms. The van der Waals surface area contributed by atoms with Gasteiger partial charge in [0.25, 0.3) is 0 Å². The van der Waals surface area contributed by atoms with E-state index < -0.39 is 6.04 Å². The zero-order valence-corrected chi connectivity index (χ0v) is 8.16. The summed E-state index contributed by atoms with van der Waals surface area (Å²) in [5.74, 6) is 0.483. The zero-order valence-electron chi connectivity index (χ0n) is 8.16. The lowest BCUT2D eigenvalue weighted by atomic mass is 10.1. The Morgan fingerprint density at radius 1 is 1.60 bits per heavy atom. The van der Waals surface area contributed by atoms with E-state index in [1.165, 1.54) is 19.2 Å². The van der Waals surface area contributed by atoms with E-state index in [4.69, 9.17) is 15.4 Å². The topological polar surface area (TPSA) is 98.5 Å². The van der Waals surface area contributed by atoms with Crippen molar-refractivity contribution >= 4 is 0 Å². The molecule has 0 aromatic heterocycles. The van der Waals surface area contributed by atoms with Crippen LogP contribution in [0, 0.1) is 0 Å². The highest BCUT2D eigenvalue weighted by Crippen LogP contribution is 2.30. The summed E-state index contributed by atoms with van der Waals surface area (Å²) in [6, 6.07) is 3.71. The number of nitrogens with zero attached hydrogens (tertiary/aromatic N) is 3. The van der Waals surface area contributed by atoms with Gasteiger partial charge in [-0.1, -0.05) is 5.11 Å². The highest BCUT2D eigenvalue weighted by atomic mass is 16.5. The number of hydrogen-bond acceptors (Lipinski definition) is 4. The van der Waals surface area contributed by atoms with Gasteiger partial charge in [-0.25, -0.2) is 0 Å². The fraction of sp³-hybridized carbons (Fsp3) is 0.333. The Kier molecular flexibility index (Phi) is 3.79. The molecular formula is C9H11N3O3. The number of hydrogen-bond donors (Lipinski definition) is 2. The molecule has 0 radical (unpaired) electrons. The molecule has 1 rings (SSSR count). The Morgan fingerprint density at radius 3 is 2.87 bits per heavy atom. The maximum Gasteiger partial charge on any atom is 0.119 e. The summed E-state index contributed by atoms with van der Waals surface area (Å²) in [6.45, 7) is -0.370. The lowest BCUT2D eigenvalue weighted by molar-refractivity contribution is 0.265. The SMILES string of the molecule is COc1ccc(O)c(C(CO)N=[N+]=[N-])c1. The van der Waals surface area contributed by atoms with E-state index in [-0.39, 0.29) is 12.4 Å². The molecule has 1 atom stereocenters. The molecule has 0 aliphatic carbocycles. The van der Waals surface area contributed by atoms with Crippen LogP contribution >= 0.6 is 0 Å². The standard InChI is InChI=1S/C9H11N3O3/c1-15-6-2-3-9(14)7(4-6)8(5-13)11-12-10/h2-4,8,13-14H,5H2,1H3. The van der Waals surface area contributed by atoms with Crippen LogP contribution in [0.25, 0.3) is 10.4 Å². The minimum Gasteiger partial charge on any atom is -0.508 e. The van der Waals surface area contributed by atoms with E-state index in [0.717, 1.165) is 0 Å². The highest BCUT2D eigenvalue weighted by molar-refractivity contribution is 5.41. The largest absolute Gasteiger partial charge is 0.508 e. The van der Waals surface area contributed by atoms with Crippen LogP contribution in [0.5, 0.6) is 11.5 Å². The summed E-state index contributed by atoms with van der Waals surface area (Å²) in [5, 5.41) is 21.9. The molecule has 1 aromatic rings. The molecule has 6 nitrogen and oxygen atoms in total. The molecule has 1 aromatic carbocycles. The molecule has 0 aliphatic rings. The molecule has 80 valence electrons. The molecular weight excluding hydrogens is 198 g/mol. The monoisotopic (exact) mass is 209 g/mol. The van der Waals surface area contributed by atoms with Crippen molar-refractivity contribution < 1.29 is 14.9 Å². The first kappa shape index (κ1) is 11.2. The van der Waals surface area contributed by atoms with Crippen LogP contribution in [0.15, 0.2) is 23.3 Å². The average molecular weight is 209 g/mol. The maximum absolute atomic E-state index is 9.51. The van der Waals surface area contributed by atoms with Crippen LogP contribution in [0.3, 0.4) is 0 Å². The molecule has 2 N–H and O–H groups in total. The predicted octanol–water partition coefficient (Wildman–Crippen LogP) is 1.74. The molecule has 0 amide bonds. The zero-order chi connectivity index (χ0) is 11.3. The Morgan fingerprint density at radius 2 is 2.33 bits per heavy atom. The summed E-state index contributed by atoms with van der Waals surface area (Å²) >= 11 is 0. The Hall–Kier alpha value is -1.91. The normalized spacial score (nSPS) is 11.6. The fourth-order valence-corrected chi connectivity index (χ4v) is 1.19. The van der Waals surface area contributed by atoms with Gasteiger partial charge in [0.05, 0.1) is 19.8 Å². The molecule has 15 heavy (non-hydrogen) atoms. The van der Waals surface area contributed by atoms with Gasteiger partial charge >= 0.3 is 0 Å². The quantitative estimate of drug-likeness (QED) is 0.448. The number of aliphatic hydroxyl groups is 1. The molecule has 0 saturated heterocycles. The van der Waals surface area contributed by atoms with E-state index in [9.17, 15) is 5.11 Å². The molecule has 6 heteroatoms. The third-order valence-corrected chi connectivity index (χ3v) is 1.96. The summed E-state index contributed by atoms with van der Waals surface area (Å²) < 4.78 is 4.96. The number of ether oxygens (including phenoxy) is 1. The van der Waals surface area contributed by atoms with Gasteiger partial charge < -0.3 is 14.9 Å². The summed E-state index contributed by atoms with van der Waals surface area (Å²) in [4.78, 5) is 2.59. The predicted molar refractivity (Wildman–Crippen MR) is 53.6 cm³/mol. The first-order valence-corrected chi connectivity index (χ1v) is 4.25. The maximum atomic E-state index is 9.51. The molecule has 0 fully saturated rings. The number of methoxy groups -OCH3 is 1. The van der Waals surface area contributed by atoms with E-state index >= 15 is 0 Å². The van der Waals surface area contributed by atoms with Crippen LogP contribution in [-0.4, -0.2) is 23.9 Å². The van der Waals surface area contributed by atoms with Crippen molar-refractivity contribution in [2.45, 2.75) is 6.04 Å². The van der Waals surface area contributed by atoms with E-state index in [1.807, 2.05) is 0 Å². The van der Waals surface area contributed by atoms with Crippen LogP contribution in [0.1, 0.15) is 11.6 Å². The van der Waals surface area contributed by atoms with Crippen molar-refractivity contribution in [3.8, 4) is 11.5 Å². The Balaban J connectivity index is 3.14. The fourth-order valence-electron chi connectivity index (χ4n) is 1.19. The second kappa shape index (κ2) is 5.09. The van der Waals surface area contributed by atoms with Gasteiger partial charge in [-0.15, -0.1) is 0 Å². The number of phenolic OH excluding ortho intramolecular Hbond substituents is 1. The minimum absolute atomic E-state index is 0.0396. The average Bonchev–Trinajstić information content (AvgIpc) is 2.27. The molecule has 0 heterocycles. The molecule has 1 unspecified atom stereocenters. The van der Waals surface area contributed by atoms with Gasteiger partial charge in [0, 0.05) is 10.5 Å². The van der Waals surface area contributed by atoms with Gasteiger partial charge in [-0.2, -0.15) is 0 Å². The number of aliphatic hydroxyl groups excluding tert-OH is 1. The van der Waals surface area contributed by atoms with Crippen molar-refractivity contribution in [3.05, 3.63) is 34.2 Å². The van der Waals surface area contributed by atoms with Crippen molar-refractivity contribution in [1.82, 2.24) is 0 Å². The first-order chi connectivity index (χ1) is 7.22. The van der Waals surface area contributed by atoms with Crippen LogP contribution in [0.2, 0.25) is 0 Å². The Bertz CT molecular complexity index is 388. The van der Waals surface area contributed by atoms with Gasteiger partial charge in [-0.3, -0.25) is 0 Å². The van der Waals surface area contributed by atoms with E-state index in [2.05, 4.69) is 10.0 Å². The number of phenols is 1. The van der Waals surface area contributed by atoms with Crippen LogP contribution < -0.4 is 4.74 Å². The number of aromatic hydroxyl groups is 1. The van der Waals surface area contributed by atoms with Gasteiger partial charge in [0.15, 0.2) is 0 Å². The molecule has 0 bridgehead atoms. The van der Waals surface area contributed by atoms with Crippen LogP contribution in [-0.2, 0) is 0 Å². The lowest BCUT2D eigenvalue weighted by Crippen LogP contribution is -2.00. The van der Waals surface area contributed by atoms with Gasteiger partial charge in [0.1, 0.15) is 11.5 Å². The summed E-state index contributed by atoms with van der Waals surface area (Å²) in [5.41, 5.74) is 8.62. The number of azide groups is 1. The molecule has 0 saturated carbocycles. The summed E-state index contributed by atoms with van der Waals surface area (Å²) in [6.07, 6.45) is 0. The Labute approximate surface area is 86.4 Å². The third-order valence-electron chi connectivity index (χ3n) is 1.96. The second-order valence-corrected chi connectivity index (χ2v) is 2.83. The highest BCUT2D eigenvalue weighted by Gasteiger charge is 2.13. The second-order valence-electron chi connectivity index (χ2n) is 2.83.